The molecule has 2 aromatic rings. The van der Waals surface area contributed by atoms with Gasteiger partial charge in [0.15, 0.2) is 0 Å². The van der Waals surface area contributed by atoms with E-state index >= 15 is 0 Å². The van der Waals surface area contributed by atoms with E-state index in [2.05, 4.69) is 20.9 Å². The lowest BCUT2D eigenvalue weighted by Gasteiger charge is -2.01. The average molecular weight is 346 g/mol. The smallest absolute Gasteiger partial charge is 0.371 e. The van der Waals surface area contributed by atoms with Crippen molar-refractivity contribution in [3.63, 3.8) is 0 Å². The van der Waals surface area contributed by atoms with E-state index in [4.69, 9.17) is 9.52 Å². The van der Waals surface area contributed by atoms with E-state index in [1.807, 2.05) is 0 Å². The summed E-state index contributed by atoms with van der Waals surface area (Å²) in [5.74, 6) is -2.04. The van der Waals surface area contributed by atoms with Gasteiger partial charge in [0.1, 0.15) is 0 Å². The number of hydrogen-bond donors (Lipinski definition) is 1. The number of hydrogen-bond acceptors (Lipinski definition) is 5. The van der Waals surface area contributed by atoms with Crippen molar-refractivity contribution in [2.24, 2.45) is 0 Å². The van der Waals surface area contributed by atoms with Gasteiger partial charge in [0, 0.05) is 16.9 Å². The van der Waals surface area contributed by atoms with Crippen LogP contribution < -0.4 is 0 Å². The Hall–Kier alpha value is -1.67. The zero-order chi connectivity index (χ0) is 14.0. The first-order chi connectivity index (χ1) is 8.88. The van der Waals surface area contributed by atoms with E-state index in [1.165, 1.54) is 12.4 Å². The molecule has 1 N–H and O–H groups in total. The molecule has 0 spiro atoms. The van der Waals surface area contributed by atoms with Crippen LogP contribution in [-0.4, -0.2) is 24.5 Å². The molecule has 0 atom stereocenters. The van der Waals surface area contributed by atoms with Crippen molar-refractivity contribution in [2.45, 2.75) is 10.8 Å². The van der Waals surface area contributed by atoms with Gasteiger partial charge in [-0.15, -0.1) is 0 Å². The first-order valence-electron chi connectivity index (χ1n) is 5.04. The van der Waals surface area contributed by atoms with Crippen LogP contribution in [-0.2, 0) is 15.6 Å². The van der Waals surface area contributed by atoms with E-state index < -0.39 is 21.6 Å². The molecule has 19 heavy (non-hydrogen) atoms. The molecule has 2 aromatic heterocycles. The summed E-state index contributed by atoms with van der Waals surface area (Å²) in [5.41, 5.74) is 0.475. The predicted octanol–water partition coefficient (Wildman–Crippen LogP) is 2.11. The highest BCUT2D eigenvalue weighted by Crippen LogP contribution is 2.20. The van der Waals surface area contributed by atoms with Crippen LogP contribution in [0.1, 0.15) is 16.1 Å². The predicted molar refractivity (Wildman–Crippen MR) is 68.5 cm³/mol. The first-order valence-corrected chi connectivity index (χ1v) is 7.48. The topological polar surface area (TPSA) is 97.5 Å². The van der Waals surface area contributed by atoms with Gasteiger partial charge in [0.2, 0.25) is 20.7 Å². The Morgan fingerprint density at radius 2 is 2.11 bits per heavy atom. The molecule has 0 unspecified atom stereocenters. The number of halogens is 1. The monoisotopic (exact) mass is 345 g/mol. The lowest BCUT2D eigenvalue weighted by Crippen LogP contribution is -2.04. The normalized spacial score (nSPS) is 11.4. The zero-order valence-electron chi connectivity index (χ0n) is 9.41. The summed E-state index contributed by atoms with van der Waals surface area (Å²) in [5, 5.41) is 8.31. The zero-order valence-corrected chi connectivity index (χ0v) is 11.8. The molecule has 0 bridgehead atoms. The number of aromatic carboxylic acids is 1. The van der Waals surface area contributed by atoms with Crippen LogP contribution in [0.3, 0.4) is 0 Å². The van der Waals surface area contributed by atoms with Crippen molar-refractivity contribution < 1.29 is 22.7 Å². The Morgan fingerprint density at radius 3 is 2.68 bits per heavy atom. The number of carboxylic acid groups (broad SMARTS) is 1. The van der Waals surface area contributed by atoms with Crippen LogP contribution in [0.25, 0.3) is 0 Å². The van der Waals surface area contributed by atoms with Crippen molar-refractivity contribution in [1.29, 1.82) is 0 Å². The second-order valence-corrected chi connectivity index (χ2v) is 6.53. The molecule has 2 heterocycles. The lowest BCUT2D eigenvalue weighted by molar-refractivity contribution is 0.0656. The molecule has 0 saturated heterocycles. The van der Waals surface area contributed by atoms with Crippen LogP contribution in [0.5, 0.6) is 0 Å². The molecule has 100 valence electrons. The van der Waals surface area contributed by atoms with Gasteiger partial charge in [-0.2, -0.15) is 0 Å². The van der Waals surface area contributed by atoms with Crippen molar-refractivity contribution in [1.82, 2.24) is 4.98 Å². The van der Waals surface area contributed by atoms with Gasteiger partial charge in [0.05, 0.1) is 5.75 Å². The van der Waals surface area contributed by atoms with E-state index in [9.17, 15) is 13.2 Å². The number of sulfone groups is 1. The van der Waals surface area contributed by atoms with Gasteiger partial charge < -0.3 is 9.52 Å². The summed E-state index contributed by atoms with van der Waals surface area (Å²) in [6, 6.07) is 3.85. The Bertz CT molecular complexity index is 722. The van der Waals surface area contributed by atoms with Crippen molar-refractivity contribution >= 4 is 31.7 Å². The molecule has 2 rings (SSSR count). The molecule has 0 radical (unpaired) electrons. The van der Waals surface area contributed by atoms with Gasteiger partial charge in [-0.3, -0.25) is 4.98 Å². The molecular formula is C11H8BrNO5S. The number of nitrogens with zero attached hydrogens (tertiary/aromatic N) is 1. The third kappa shape index (κ3) is 3.21. The second-order valence-electron chi connectivity index (χ2n) is 3.69. The molecule has 0 aliphatic rings. The molecular weight excluding hydrogens is 338 g/mol. The highest BCUT2D eigenvalue weighted by molar-refractivity contribution is 9.10. The van der Waals surface area contributed by atoms with E-state index in [0.29, 0.717) is 10.0 Å². The number of rotatable bonds is 4. The fourth-order valence-electron chi connectivity index (χ4n) is 1.43. The van der Waals surface area contributed by atoms with Gasteiger partial charge in [-0.05, 0) is 39.7 Å². The van der Waals surface area contributed by atoms with Crippen molar-refractivity contribution in [2.75, 3.05) is 0 Å². The number of pyridine rings is 1. The van der Waals surface area contributed by atoms with Crippen LogP contribution in [0, 0.1) is 0 Å². The van der Waals surface area contributed by atoms with Gasteiger partial charge in [-0.25, -0.2) is 13.2 Å². The van der Waals surface area contributed by atoms with Crippen LogP contribution in [0.2, 0.25) is 0 Å². The molecule has 0 aromatic carbocycles. The second kappa shape index (κ2) is 5.14. The van der Waals surface area contributed by atoms with Gasteiger partial charge >= 0.3 is 5.97 Å². The third-order valence-corrected chi connectivity index (χ3v) is 4.20. The van der Waals surface area contributed by atoms with Gasteiger partial charge in [-0.1, -0.05) is 0 Å². The van der Waals surface area contributed by atoms with Crippen molar-refractivity contribution in [3.05, 3.63) is 46.4 Å². The minimum Gasteiger partial charge on any atom is -0.475 e. The minimum atomic E-state index is -3.73. The molecule has 8 heteroatoms. The average Bonchev–Trinajstić information content (AvgIpc) is 2.78. The van der Waals surface area contributed by atoms with E-state index in [0.717, 1.165) is 12.1 Å². The molecule has 0 saturated carbocycles. The summed E-state index contributed by atoms with van der Waals surface area (Å²) in [6.07, 6.45) is 2.95. The third-order valence-electron chi connectivity index (χ3n) is 2.22. The Labute approximate surface area is 117 Å². The standard InChI is InChI=1S/C11H8BrNO5S/c12-8-3-7(4-13-5-8)6-19(16,17)10-2-1-9(18-10)11(14)15/h1-5H,6H2,(H,14,15). The number of aromatic nitrogens is 1. The maximum atomic E-state index is 12.0. The Morgan fingerprint density at radius 1 is 1.37 bits per heavy atom. The molecule has 0 aliphatic carbocycles. The minimum absolute atomic E-state index is 0.313. The number of furan rings is 1. The SMILES string of the molecule is O=C(O)c1ccc(S(=O)(=O)Cc2cncc(Br)c2)o1. The van der Waals surface area contributed by atoms with Crippen LogP contribution in [0.15, 0.2) is 44.6 Å². The molecule has 6 nitrogen and oxygen atoms in total. The highest BCUT2D eigenvalue weighted by atomic mass is 79.9. The highest BCUT2D eigenvalue weighted by Gasteiger charge is 2.21. The summed E-state index contributed by atoms with van der Waals surface area (Å²) in [7, 11) is -3.73. The molecule has 0 fully saturated rings. The summed E-state index contributed by atoms with van der Waals surface area (Å²) >= 11 is 3.19. The van der Waals surface area contributed by atoms with Crippen LogP contribution >= 0.6 is 15.9 Å². The largest absolute Gasteiger partial charge is 0.475 e. The quantitative estimate of drug-likeness (QED) is 0.911. The summed E-state index contributed by atoms with van der Waals surface area (Å²) < 4.78 is 29.5. The summed E-state index contributed by atoms with van der Waals surface area (Å²) in [4.78, 5) is 14.5. The fourth-order valence-corrected chi connectivity index (χ4v) is 3.07. The van der Waals surface area contributed by atoms with Gasteiger partial charge in [0.25, 0.3) is 0 Å². The number of carbonyl (C=O) groups is 1. The first kappa shape index (κ1) is 13.8. The maximum absolute atomic E-state index is 12.0. The lowest BCUT2D eigenvalue weighted by atomic mass is 10.3. The van der Waals surface area contributed by atoms with E-state index in [-0.39, 0.29) is 10.8 Å². The maximum Gasteiger partial charge on any atom is 0.371 e. The molecule has 0 amide bonds. The van der Waals surface area contributed by atoms with E-state index in [1.54, 1.807) is 6.07 Å². The number of carboxylic acids is 1. The fraction of sp³-hybridized carbons (Fsp3) is 0.0909. The Kier molecular flexibility index (Phi) is 3.72. The van der Waals surface area contributed by atoms with Crippen molar-refractivity contribution in [3.8, 4) is 0 Å². The van der Waals surface area contributed by atoms with Crippen LogP contribution in [0.4, 0.5) is 0 Å². The molecule has 0 aliphatic heterocycles. The summed E-state index contributed by atoms with van der Waals surface area (Å²) in [6.45, 7) is 0. The Balaban J connectivity index is 2.29.